The number of aromatic amines is 1. The molecule has 1 aliphatic heterocycles. The number of hydrogen-bond donors (Lipinski definition) is 2. The second-order valence-electron chi connectivity index (χ2n) is 6.03. The van der Waals surface area contributed by atoms with E-state index >= 15 is 0 Å². The Balaban J connectivity index is 1.48. The van der Waals surface area contributed by atoms with Crippen molar-refractivity contribution in [3.05, 3.63) is 54.4 Å². The highest BCUT2D eigenvalue weighted by molar-refractivity contribution is 6.06. The molecule has 6 heteroatoms. The average Bonchev–Trinajstić information content (AvgIpc) is 3.31. The number of ether oxygens (including phenoxy) is 2. The molecule has 6 nitrogen and oxygen atoms in total. The first-order valence-corrected chi connectivity index (χ1v) is 8.37. The summed E-state index contributed by atoms with van der Waals surface area (Å²) in [7, 11) is 0. The summed E-state index contributed by atoms with van der Waals surface area (Å²) in [5, 5.41) is 2.92. The van der Waals surface area contributed by atoms with Gasteiger partial charge in [0.2, 0.25) is 0 Å². The van der Waals surface area contributed by atoms with Gasteiger partial charge in [-0.2, -0.15) is 0 Å². The number of anilines is 1. The topological polar surface area (TPSA) is 76.2 Å². The molecular weight excluding hydrogens is 318 g/mol. The zero-order valence-electron chi connectivity index (χ0n) is 13.7. The SMILES string of the molecule is O=C(Nc1ccccc1OCC1CCCO1)c1ccc2nc[nH]c2c1. The van der Waals surface area contributed by atoms with Gasteiger partial charge in [0.05, 0.1) is 29.2 Å². The van der Waals surface area contributed by atoms with Crippen molar-refractivity contribution in [1.82, 2.24) is 9.97 Å². The lowest BCUT2D eigenvalue weighted by molar-refractivity contribution is 0.0682. The number of imidazole rings is 1. The molecule has 0 bridgehead atoms. The minimum Gasteiger partial charge on any atom is -0.489 e. The van der Waals surface area contributed by atoms with E-state index in [4.69, 9.17) is 9.47 Å². The predicted octanol–water partition coefficient (Wildman–Crippen LogP) is 3.37. The maximum Gasteiger partial charge on any atom is 0.255 e. The van der Waals surface area contributed by atoms with Gasteiger partial charge >= 0.3 is 0 Å². The van der Waals surface area contributed by atoms with Gasteiger partial charge in [-0.05, 0) is 43.2 Å². The minimum absolute atomic E-state index is 0.131. The van der Waals surface area contributed by atoms with E-state index in [0.717, 1.165) is 30.5 Å². The number of aromatic nitrogens is 2. The normalized spacial score (nSPS) is 16.9. The maximum atomic E-state index is 12.6. The Morgan fingerprint density at radius 2 is 2.24 bits per heavy atom. The van der Waals surface area contributed by atoms with Crippen molar-refractivity contribution in [1.29, 1.82) is 0 Å². The van der Waals surface area contributed by atoms with Crippen LogP contribution in [-0.4, -0.2) is 35.2 Å². The van der Waals surface area contributed by atoms with Crippen LogP contribution in [-0.2, 0) is 4.74 Å². The highest BCUT2D eigenvalue weighted by atomic mass is 16.5. The van der Waals surface area contributed by atoms with Crippen molar-refractivity contribution < 1.29 is 14.3 Å². The summed E-state index contributed by atoms with van der Waals surface area (Å²) in [6.45, 7) is 1.29. The molecule has 1 amide bonds. The smallest absolute Gasteiger partial charge is 0.255 e. The van der Waals surface area contributed by atoms with Gasteiger partial charge in [0.1, 0.15) is 12.4 Å². The average molecular weight is 337 g/mol. The first-order chi connectivity index (χ1) is 12.3. The number of nitrogens with zero attached hydrogens (tertiary/aromatic N) is 1. The molecule has 2 N–H and O–H groups in total. The molecule has 2 heterocycles. The molecule has 4 rings (SSSR count). The van der Waals surface area contributed by atoms with Gasteiger partial charge in [-0.25, -0.2) is 4.98 Å². The number of carbonyl (C=O) groups is 1. The number of carbonyl (C=O) groups excluding carboxylic acids is 1. The first kappa shape index (κ1) is 15.7. The number of amides is 1. The summed E-state index contributed by atoms with van der Waals surface area (Å²) < 4.78 is 11.4. The number of fused-ring (bicyclic) bond motifs is 1. The second kappa shape index (κ2) is 6.94. The van der Waals surface area contributed by atoms with Gasteiger partial charge in [0.25, 0.3) is 5.91 Å². The van der Waals surface area contributed by atoms with E-state index in [1.807, 2.05) is 30.3 Å². The number of nitrogens with one attached hydrogen (secondary N) is 2. The molecule has 0 spiro atoms. The van der Waals surface area contributed by atoms with Gasteiger partial charge in [-0.15, -0.1) is 0 Å². The maximum absolute atomic E-state index is 12.6. The highest BCUT2D eigenvalue weighted by Gasteiger charge is 2.17. The van der Waals surface area contributed by atoms with Crippen LogP contribution in [0.15, 0.2) is 48.8 Å². The van der Waals surface area contributed by atoms with Crippen molar-refractivity contribution >= 4 is 22.6 Å². The van der Waals surface area contributed by atoms with Crippen molar-refractivity contribution in [2.75, 3.05) is 18.5 Å². The zero-order chi connectivity index (χ0) is 17.1. The third kappa shape index (κ3) is 3.49. The molecule has 1 aromatic heterocycles. The largest absolute Gasteiger partial charge is 0.489 e. The Bertz CT molecular complexity index is 884. The standard InChI is InChI=1S/C19H19N3O3/c23-19(13-7-8-15-17(10-13)21-12-20-15)22-16-5-1-2-6-18(16)25-11-14-4-3-9-24-14/h1-2,5-8,10,12,14H,3-4,9,11H2,(H,20,21)(H,22,23). The van der Waals surface area contributed by atoms with Crippen LogP contribution in [0.5, 0.6) is 5.75 Å². The molecule has 0 saturated carbocycles. The molecule has 0 radical (unpaired) electrons. The summed E-state index contributed by atoms with van der Waals surface area (Å²) in [6.07, 6.45) is 3.83. The van der Waals surface area contributed by atoms with E-state index in [1.54, 1.807) is 18.5 Å². The Labute approximate surface area is 145 Å². The fourth-order valence-corrected chi connectivity index (χ4v) is 2.93. The van der Waals surface area contributed by atoms with Crippen LogP contribution in [0, 0.1) is 0 Å². The second-order valence-corrected chi connectivity index (χ2v) is 6.03. The van der Waals surface area contributed by atoms with E-state index in [9.17, 15) is 4.79 Å². The lowest BCUT2D eigenvalue weighted by Crippen LogP contribution is -2.18. The van der Waals surface area contributed by atoms with Gasteiger partial charge < -0.3 is 19.8 Å². The van der Waals surface area contributed by atoms with Crippen molar-refractivity contribution in [2.24, 2.45) is 0 Å². The van der Waals surface area contributed by atoms with E-state index in [1.165, 1.54) is 0 Å². The van der Waals surface area contributed by atoms with Gasteiger partial charge in [-0.1, -0.05) is 12.1 Å². The Morgan fingerprint density at radius 3 is 3.12 bits per heavy atom. The molecular formula is C19H19N3O3. The van der Waals surface area contributed by atoms with Crippen molar-refractivity contribution in [2.45, 2.75) is 18.9 Å². The number of rotatable bonds is 5. The Morgan fingerprint density at radius 1 is 1.32 bits per heavy atom. The summed E-state index contributed by atoms with van der Waals surface area (Å²) >= 11 is 0. The first-order valence-electron chi connectivity index (χ1n) is 8.37. The summed E-state index contributed by atoms with van der Waals surface area (Å²) in [6, 6.07) is 12.8. The highest BCUT2D eigenvalue weighted by Crippen LogP contribution is 2.26. The molecule has 1 saturated heterocycles. The summed E-state index contributed by atoms with van der Waals surface area (Å²) in [4.78, 5) is 19.7. The van der Waals surface area contributed by atoms with Crippen LogP contribution in [0.3, 0.4) is 0 Å². The number of benzene rings is 2. The monoisotopic (exact) mass is 337 g/mol. The minimum atomic E-state index is -0.190. The van der Waals surface area contributed by atoms with Gasteiger partial charge in [0.15, 0.2) is 0 Å². The third-order valence-corrected chi connectivity index (χ3v) is 4.27. The molecule has 2 aromatic carbocycles. The van der Waals surface area contributed by atoms with Crippen LogP contribution in [0.1, 0.15) is 23.2 Å². The fourth-order valence-electron chi connectivity index (χ4n) is 2.93. The summed E-state index contributed by atoms with van der Waals surface area (Å²) in [5.74, 6) is 0.457. The molecule has 0 aliphatic carbocycles. The van der Waals surface area contributed by atoms with Gasteiger partial charge in [0, 0.05) is 12.2 Å². The predicted molar refractivity (Wildman–Crippen MR) is 95.0 cm³/mol. The number of hydrogen-bond acceptors (Lipinski definition) is 4. The van der Waals surface area contributed by atoms with E-state index in [-0.39, 0.29) is 12.0 Å². The fraction of sp³-hybridized carbons (Fsp3) is 0.263. The number of H-pyrrole nitrogens is 1. The Kier molecular flexibility index (Phi) is 4.35. The quantitative estimate of drug-likeness (QED) is 0.748. The van der Waals surface area contributed by atoms with Crippen LogP contribution < -0.4 is 10.1 Å². The Hall–Kier alpha value is -2.86. The van der Waals surface area contributed by atoms with E-state index in [0.29, 0.717) is 23.6 Å². The molecule has 3 aromatic rings. The number of para-hydroxylation sites is 2. The molecule has 1 aliphatic rings. The van der Waals surface area contributed by atoms with Gasteiger partial charge in [-0.3, -0.25) is 4.79 Å². The molecule has 1 fully saturated rings. The van der Waals surface area contributed by atoms with Crippen LogP contribution >= 0.6 is 0 Å². The van der Waals surface area contributed by atoms with E-state index in [2.05, 4.69) is 15.3 Å². The zero-order valence-corrected chi connectivity index (χ0v) is 13.7. The molecule has 128 valence electrons. The third-order valence-electron chi connectivity index (χ3n) is 4.27. The molecule has 1 unspecified atom stereocenters. The van der Waals surface area contributed by atoms with Crippen molar-refractivity contribution in [3.63, 3.8) is 0 Å². The van der Waals surface area contributed by atoms with Crippen molar-refractivity contribution in [3.8, 4) is 5.75 Å². The molecule has 25 heavy (non-hydrogen) atoms. The van der Waals surface area contributed by atoms with E-state index < -0.39 is 0 Å². The van der Waals surface area contributed by atoms with Crippen LogP contribution in [0.4, 0.5) is 5.69 Å². The van der Waals surface area contributed by atoms with Crippen LogP contribution in [0.25, 0.3) is 11.0 Å². The lowest BCUT2D eigenvalue weighted by atomic mass is 10.2. The molecule has 1 atom stereocenters. The summed E-state index contributed by atoms with van der Waals surface area (Å²) in [5.41, 5.74) is 2.87. The lowest BCUT2D eigenvalue weighted by Gasteiger charge is -2.15. The van der Waals surface area contributed by atoms with Crippen LogP contribution in [0.2, 0.25) is 0 Å².